The number of rotatable bonds is 4. The van der Waals surface area contributed by atoms with Gasteiger partial charge in [-0.3, -0.25) is 14.8 Å². The molecule has 0 fully saturated rings. The summed E-state index contributed by atoms with van der Waals surface area (Å²) in [6.07, 6.45) is 1.69. The van der Waals surface area contributed by atoms with Crippen molar-refractivity contribution in [2.45, 2.75) is 6.61 Å². The molecule has 0 saturated carbocycles. The molecule has 0 saturated heterocycles. The van der Waals surface area contributed by atoms with Crippen molar-refractivity contribution >= 4 is 5.69 Å². The van der Waals surface area contributed by atoms with E-state index < -0.39 is 22.2 Å². The Hall–Kier alpha value is -2.51. The lowest BCUT2D eigenvalue weighted by molar-refractivity contribution is -0.390. The maximum absolute atomic E-state index is 13.3. The predicted molar refractivity (Wildman–Crippen MR) is 60.6 cm³/mol. The number of hydrogen-bond donors (Lipinski definition) is 0. The van der Waals surface area contributed by atoms with Crippen LogP contribution in [-0.4, -0.2) is 14.7 Å². The Morgan fingerprint density at radius 2 is 2.05 bits per heavy atom. The lowest BCUT2D eigenvalue weighted by atomic mass is 10.3. The van der Waals surface area contributed by atoms with Crippen molar-refractivity contribution in [1.82, 2.24) is 9.78 Å². The molecule has 8 heteroatoms. The van der Waals surface area contributed by atoms with E-state index in [4.69, 9.17) is 4.74 Å². The monoisotopic (exact) mass is 269 g/mol. The molecule has 0 aliphatic heterocycles. The van der Waals surface area contributed by atoms with Crippen LogP contribution in [0.2, 0.25) is 0 Å². The van der Waals surface area contributed by atoms with Crippen LogP contribution >= 0.6 is 0 Å². The second-order valence-corrected chi connectivity index (χ2v) is 3.76. The molecule has 1 aromatic heterocycles. The fraction of sp³-hybridized carbons (Fsp3) is 0.182. The molecule has 1 heterocycles. The summed E-state index contributed by atoms with van der Waals surface area (Å²) in [7, 11) is 1.72. The fourth-order valence-corrected chi connectivity index (χ4v) is 1.50. The Morgan fingerprint density at radius 1 is 1.42 bits per heavy atom. The molecule has 0 bridgehead atoms. The molecular weight excluding hydrogens is 260 g/mol. The number of nitrogens with zero attached hydrogens (tertiary/aromatic N) is 3. The van der Waals surface area contributed by atoms with Gasteiger partial charge in [-0.25, -0.2) is 0 Å². The standard InChI is InChI=1S/C11H9F2N3O3/c1-15-3-2-7(14-15)6-19-8-4-9(12)11(16(17)18)10(13)5-8/h2-5H,6H2,1H3. The van der Waals surface area contributed by atoms with Gasteiger partial charge < -0.3 is 4.74 Å². The molecule has 2 aromatic rings. The van der Waals surface area contributed by atoms with E-state index in [9.17, 15) is 18.9 Å². The molecule has 2 rings (SSSR count). The first-order valence-corrected chi connectivity index (χ1v) is 5.22. The van der Waals surface area contributed by atoms with Crippen LogP contribution in [0, 0.1) is 21.7 Å². The summed E-state index contributed by atoms with van der Waals surface area (Å²) in [5, 5.41) is 14.4. The molecule has 0 aliphatic carbocycles. The SMILES string of the molecule is Cn1ccc(COc2cc(F)c([N+](=O)[O-])c(F)c2)n1. The van der Waals surface area contributed by atoms with Crippen molar-refractivity contribution in [2.75, 3.05) is 0 Å². The lowest BCUT2D eigenvalue weighted by Gasteiger charge is -2.05. The Bertz CT molecular complexity index is 604. The quantitative estimate of drug-likeness (QED) is 0.630. The van der Waals surface area contributed by atoms with Gasteiger partial charge in [-0.1, -0.05) is 0 Å². The van der Waals surface area contributed by atoms with Crippen molar-refractivity contribution in [3.63, 3.8) is 0 Å². The highest BCUT2D eigenvalue weighted by Gasteiger charge is 2.22. The molecule has 6 nitrogen and oxygen atoms in total. The van der Waals surface area contributed by atoms with Crippen LogP contribution in [0.5, 0.6) is 5.75 Å². The van der Waals surface area contributed by atoms with E-state index in [1.54, 1.807) is 24.0 Å². The number of nitro groups is 1. The molecule has 0 unspecified atom stereocenters. The maximum Gasteiger partial charge on any atom is 0.340 e. The Balaban J connectivity index is 2.16. The summed E-state index contributed by atoms with van der Waals surface area (Å²) < 4.78 is 33.3. The molecule has 0 amide bonds. The minimum Gasteiger partial charge on any atom is -0.487 e. The molecule has 100 valence electrons. The Kier molecular flexibility index (Phi) is 3.41. The van der Waals surface area contributed by atoms with Crippen molar-refractivity contribution in [3.05, 3.63) is 51.8 Å². The highest BCUT2D eigenvalue weighted by atomic mass is 19.1. The topological polar surface area (TPSA) is 70.2 Å². The Morgan fingerprint density at radius 3 is 2.53 bits per heavy atom. The zero-order chi connectivity index (χ0) is 14.0. The van der Waals surface area contributed by atoms with E-state index in [1.165, 1.54) is 0 Å². The molecule has 0 spiro atoms. The van der Waals surface area contributed by atoms with Crippen LogP contribution in [0.3, 0.4) is 0 Å². The predicted octanol–water partition coefficient (Wildman–Crippen LogP) is 2.19. The maximum atomic E-state index is 13.3. The first-order chi connectivity index (χ1) is 8.97. The Labute approximate surface area is 106 Å². The second kappa shape index (κ2) is 5.01. The smallest absolute Gasteiger partial charge is 0.340 e. The number of nitro benzene ring substituents is 1. The van der Waals surface area contributed by atoms with E-state index >= 15 is 0 Å². The molecular formula is C11H9F2N3O3. The molecule has 1 aromatic carbocycles. The third kappa shape index (κ3) is 2.84. The van der Waals surface area contributed by atoms with Crippen LogP contribution in [-0.2, 0) is 13.7 Å². The summed E-state index contributed by atoms with van der Waals surface area (Å²) in [6, 6.07) is 3.21. The normalized spacial score (nSPS) is 10.5. The minimum atomic E-state index is -1.28. The van der Waals surface area contributed by atoms with E-state index in [-0.39, 0.29) is 12.4 Å². The fourth-order valence-electron chi connectivity index (χ4n) is 1.50. The average molecular weight is 269 g/mol. The zero-order valence-corrected chi connectivity index (χ0v) is 9.84. The molecule has 19 heavy (non-hydrogen) atoms. The molecule has 0 aliphatic rings. The van der Waals surface area contributed by atoms with Crippen LogP contribution in [0.25, 0.3) is 0 Å². The first-order valence-electron chi connectivity index (χ1n) is 5.22. The summed E-state index contributed by atoms with van der Waals surface area (Å²) >= 11 is 0. The minimum absolute atomic E-state index is 0.0114. The van der Waals surface area contributed by atoms with Crippen molar-refractivity contribution < 1.29 is 18.4 Å². The number of hydrogen-bond acceptors (Lipinski definition) is 4. The largest absolute Gasteiger partial charge is 0.487 e. The summed E-state index contributed by atoms with van der Waals surface area (Å²) in [5.41, 5.74) is -0.619. The molecule has 0 radical (unpaired) electrons. The zero-order valence-electron chi connectivity index (χ0n) is 9.84. The van der Waals surface area contributed by atoms with Crippen LogP contribution in [0.15, 0.2) is 24.4 Å². The van der Waals surface area contributed by atoms with E-state index in [0.29, 0.717) is 5.69 Å². The summed E-state index contributed by atoms with van der Waals surface area (Å²) in [4.78, 5) is 9.29. The van der Waals surface area contributed by atoms with Gasteiger partial charge in [-0.05, 0) is 6.07 Å². The number of halogens is 2. The third-order valence-electron chi connectivity index (χ3n) is 2.33. The highest BCUT2D eigenvalue weighted by molar-refractivity contribution is 5.39. The van der Waals surface area contributed by atoms with Gasteiger partial charge in [0.25, 0.3) is 0 Å². The van der Waals surface area contributed by atoms with Gasteiger partial charge in [0.15, 0.2) is 0 Å². The van der Waals surface area contributed by atoms with Gasteiger partial charge in [0.2, 0.25) is 11.6 Å². The van der Waals surface area contributed by atoms with E-state index in [0.717, 1.165) is 12.1 Å². The van der Waals surface area contributed by atoms with Crippen LogP contribution < -0.4 is 4.74 Å². The molecule has 0 atom stereocenters. The van der Waals surface area contributed by atoms with Gasteiger partial charge >= 0.3 is 5.69 Å². The van der Waals surface area contributed by atoms with Crippen molar-refractivity contribution in [2.24, 2.45) is 7.05 Å². The summed E-state index contributed by atoms with van der Waals surface area (Å²) in [6.45, 7) is 0.0114. The number of aromatic nitrogens is 2. The van der Waals surface area contributed by atoms with E-state index in [1.807, 2.05) is 0 Å². The first kappa shape index (κ1) is 12.9. The third-order valence-corrected chi connectivity index (χ3v) is 2.33. The molecule has 0 N–H and O–H groups in total. The van der Waals surface area contributed by atoms with Gasteiger partial charge in [-0.15, -0.1) is 0 Å². The highest BCUT2D eigenvalue weighted by Crippen LogP contribution is 2.26. The van der Waals surface area contributed by atoms with Gasteiger partial charge in [0, 0.05) is 25.4 Å². The lowest BCUT2D eigenvalue weighted by Crippen LogP contribution is -2.01. The number of benzene rings is 1. The van der Waals surface area contributed by atoms with Crippen LogP contribution in [0.1, 0.15) is 5.69 Å². The average Bonchev–Trinajstić information content (AvgIpc) is 2.71. The van der Waals surface area contributed by atoms with E-state index in [2.05, 4.69) is 5.10 Å². The van der Waals surface area contributed by atoms with Gasteiger partial charge in [0.05, 0.1) is 10.6 Å². The number of ether oxygens (including phenoxy) is 1. The van der Waals surface area contributed by atoms with Gasteiger partial charge in [0.1, 0.15) is 12.4 Å². The van der Waals surface area contributed by atoms with Crippen LogP contribution in [0.4, 0.5) is 14.5 Å². The summed E-state index contributed by atoms with van der Waals surface area (Å²) in [5.74, 6) is -2.69. The van der Waals surface area contributed by atoms with Gasteiger partial charge in [-0.2, -0.15) is 13.9 Å². The second-order valence-electron chi connectivity index (χ2n) is 3.76. The van der Waals surface area contributed by atoms with Crippen molar-refractivity contribution in [1.29, 1.82) is 0 Å². The van der Waals surface area contributed by atoms with Crippen molar-refractivity contribution in [3.8, 4) is 5.75 Å². The number of aryl methyl sites for hydroxylation is 1.